The van der Waals surface area contributed by atoms with Gasteiger partial charge in [-0.15, -0.1) is 0 Å². The molecule has 0 amide bonds. The van der Waals surface area contributed by atoms with Gasteiger partial charge in [-0.25, -0.2) is 9.97 Å². The molecule has 0 atom stereocenters. The van der Waals surface area contributed by atoms with Crippen LogP contribution in [0.5, 0.6) is 0 Å². The molecule has 1 rings (SSSR count). The van der Waals surface area contributed by atoms with E-state index in [1.165, 1.54) is 0 Å². The largest absolute Gasteiger partial charge is 0.363 e. The number of anilines is 2. The molecule has 0 aromatic carbocycles. The summed E-state index contributed by atoms with van der Waals surface area (Å²) in [6, 6.07) is 1.97. The highest BCUT2D eigenvalue weighted by molar-refractivity contribution is 5.48. The Morgan fingerprint density at radius 2 is 1.87 bits per heavy atom. The normalized spacial score (nSPS) is 10.1. The standard InChI is InChI=1S/C10H19N5/c1-14(2)9-7-10(13-8-12-9)15(3)6-4-5-11/h7-8H,4-6,11H2,1-3H3. The Balaban J connectivity index is 2.71. The molecule has 0 saturated carbocycles. The molecule has 1 heterocycles. The van der Waals surface area contributed by atoms with E-state index in [0.29, 0.717) is 6.54 Å². The average Bonchev–Trinajstić information content (AvgIpc) is 2.26. The zero-order chi connectivity index (χ0) is 11.3. The summed E-state index contributed by atoms with van der Waals surface area (Å²) >= 11 is 0. The van der Waals surface area contributed by atoms with Crippen LogP contribution in [0, 0.1) is 0 Å². The molecule has 2 N–H and O–H groups in total. The number of rotatable bonds is 5. The van der Waals surface area contributed by atoms with Crippen LogP contribution in [0.2, 0.25) is 0 Å². The van der Waals surface area contributed by atoms with Crippen molar-refractivity contribution in [2.24, 2.45) is 5.73 Å². The predicted octanol–water partition coefficient (Wildman–Crippen LogP) is 0.328. The fourth-order valence-corrected chi connectivity index (χ4v) is 1.23. The van der Waals surface area contributed by atoms with E-state index in [2.05, 4.69) is 14.9 Å². The lowest BCUT2D eigenvalue weighted by Crippen LogP contribution is -2.22. The molecule has 0 radical (unpaired) electrons. The summed E-state index contributed by atoms with van der Waals surface area (Å²) < 4.78 is 0. The Bertz CT molecular complexity index is 300. The maximum absolute atomic E-state index is 5.47. The quantitative estimate of drug-likeness (QED) is 0.757. The van der Waals surface area contributed by atoms with E-state index in [-0.39, 0.29) is 0 Å². The molecule has 0 aliphatic rings. The SMILES string of the molecule is CN(C)c1cc(N(C)CCCN)ncn1. The van der Waals surface area contributed by atoms with Gasteiger partial charge in [-0.3, -0.25) is 0 Å². The van der Waals surface area contributed by atoms with Gasteiger partial charge in [0.15, 0.2) is 0 Å². The van der Waals surface area contributed by atoms with Crippen molar-refractivity contribution < 1.29 is 0 Å². The summed E-state index contributed by atoms with van der Waals surface area (Å²) in [7, 11) is 5.94. The first kappa shape index (κ1) is 11.7. The summed E-state index contributed by atoms with van der Waals surface area (Å²) in [6.45, 7) is 1.62. The first-order valence-electron chi connectivity index (χ1n) is 5.05. The van der Waals surface area contributed by atoms with Crippen LogP contribution in [-0.4, -0.2) is 44.2 Å². The van der Waals surface area contributed by atoms with Crippen LogP contribution in [0.3, 0.4) is 0 Å². The van der Waals surface area contributed by atoms with Crippen molar-refractivity contribution in [2.45, 2.75) is 6.42 Å². The summed E-state index contributed by atoms with van der Waals surface area (Å²) in [5, 5.41) is 0. The zero-order valence-corrected chi connectivity index (χ0v) is 9.64. The zero-order valence-electron chi connectivity index (χ0n) is 9.64. The molecular formula is C10H19N5. The van der Waals surface area contributed by atoms with Gasteiger partial charge < -0.3 is 15.5 Å². The van der Waals surface area contributed by atoms with Gasteiger partial charge >= 0.3 is 0 Å². The van der Waals surface area contributed by atoms with Crippen molar-refractivity contribution in [2.75, 3.05) is 44.0 Å². The van der Waals surface area contributed by atoms with Gasteiger partial charge in [0, 0.05) is 33.8 Å². The molecule has 0 aliphatic carbocycles. The van der Waals surface area contributed by atoms with Crippen LogP contribution >= 0.6 is 0 Å². The van der Waals surface area contributed by atoms with E-state index >= 15 is 0 Å². The lowest BCUT2D eigenvalue weighted by Gasteiger charge is -2.19. The minimum absolute atomic E-state index is 0.704. The van der Waals surface area contributed by atoms with Crippen molar-refractivity contribution in [3.63, 3.8) is 0 Å². The van der Waals surface area contributed by atoms with Crippen molar-refractivity contribution in [3.8, 4) is 0 Å². The van der Waals surface area contributed by atoms with E-state index in [0.717, 1.165) is 24.6 Å². The Morgan fingerprint density at radius 3 is 2.47 bits per heavy atom. The molecule has 0 spiro atoms. The third-order valence-electron chi connectivity index (χ3n) is 2.19. The summed E-state index contributed by atoms with van der Waals surface area (Å²) in [5.41, 5.74) is 5.47. The second-order valence-electron chi connectivity index (χ2n) is 3.69. The third kappa shape index (κ3) is 3.36. The van der Waals surface area contributed by atoms with Crippen LogP contribution in [0.25, 0.3) is 0 Å². The summed E-state index contributed by atoms with van der Waals surface area (Å²) in [6.07, 6.45) is 2.56. The Labute approximate surface area is 90.9 Å². The van der Waals surface area contributed by atoms with Crippen molar-refractivity contribution in [3.05, 3.63) is 12.4 Å². The molecule has 0 unspecified atom stereocenters. The van der Waals surface area contributed by atoms with Crippen LogP contribution in [0.1, 0.15) is 6.42 Å². The molecule has 0 fully saturated rings. The Morgan fingerprint density at radius 1 is 1.20 bits per heavy atom. The highest BCUT2D eigenvalue weighted by Crippen LogP contribution is 2.14. The lowest BCUT2D eigenvalue weighted by atomic mass is 10.4. The summed E-state index contributed by atoms with van der Waals surface area (Å²) in [4.78, 5) is 12.4. The molecule has 0 aliphatic heterocycles. The van der Waals surface area contributed by atoms with Crippen LogP contribution in [-0.2, 0) is 0 Å². The van der Waals surface area contributed by atoms with Gasteiger partial charge in [-0.05, 0) is 13.0 Å². The van der Waals surface area contributed by atoms with E-state index in [1.54, 1.807) is 6.33 Å². The molecule has 0 saturated heterocycles. The Hall–Kier alpha value is -1.36. The molecule has 0 bridgehead atoms. The van der Waals surface area contributed by atoms with E-state index in [1.807, 2.05) is 32.1 Å². The molecule has 5 nitrogen and oxygen atoms in total. The second-order valence-corrected chi connectivity index (χ2v) is 3.69. The van der Waals surface area contributed by atoms with Crippen LogP contribution < -0.4 is 15.5 Å². The molecular weight excluding hydrogens is 190 g/mol. The van der Waals surface area contributed by atoms with Crippen LogP contribution in [0.15, 0.2) is 12.4 Å². The van der Waals surface area contributed by atoms with E-state index < -0.39 is 0 Å². The van der Waals surface area contributed by atoms with Gasteiger partial charge in [-0.2, -0.15) is 0 Å². The smallest absolute Gasteiger partial charge is 0.133 e. The fraction of sp³-hybridized carbons (Fsp3) is 0.600. The van der Waals surface area contributed by atoms with Crippen molar-refractivity contribution >= 4 is 11.6 Å². The number of aromatic nitrogens is 2. The average molecular weight is 209 g/mol. The molecule has 15 heavy (non-hydrogen) atoms. The topological polar surface area (TPSA) is 58.3 Å². The van der Waals surface area contributed by atoms with Gasteiger partial charge in [0.1, 0.15) is 18.0 Å². The van der Waals surface area contributed by atoms with E-state index in [9.17, 15) is 0 Å². The lowest BCUT2D eigenvalue weighted by molar-refractivity contribution is 0.784. The molecule has 1 aromatic rings. The van der Waals surface area contributed by atoms with Gasteiger partial charge in [0.25, 0.3) is 0 Å². The minimum Gasteiger partial charge on any atom is -0.363 e. The fourth-order valence-electron chi connectivity index (χ4n) is 1.23. The summed E-state index contributed by atoms with van der Waals surface area (Å²) in [5.74, 6) is 1.85. The number of hydrogen-bond acceptors (Lipinski definition) is 5. The highest BCUT2D eigenvalue weighted by Gasteiger charge is 2.04. The highest BCUT2D eigenvalue weighted by atomic mass is 15.2. The number of nitrogens with two attached hydrogens (primary N) is 1. The van der Waals surface area contributed by atoms with Crippen LogP contribution in [0.4, 0.5) is 11.6 Å². The minimum atomic E-state index is 0.704. The first-order valence-corrected chi connectivity index (χ1v) is 5.05. The molecule has 5 heteroatoms. The van der Waals surface area contributed by atoms with Gasteiger partial charge in [-0.1, -0.05) is 0 Å². The van der Waals surface area contributed by atoms with Crippen molar-refractivity contribution in [1.29, 1.82) is 0 Å². The molecule has 84 valence electrons. The van der Waals surface area contributed by atoms with Crippen molar-refractivity contribution in [1.82, 2.24) is 9.97 Å². The second kappa shape index (κ2) is 5.50. The third-order valence-corrected chi connectivity index (χ3v) is 2.19. The number of nitrogens with zero attached hydrogens (tertiary/aromatic N) is 4. The Kier molecular flexibility index (Phi) is 4.30. The van der Waals surface area contributed by atoms with Gasteiger partial charge in [0.05, 0.1) is 0 Å². The molecule has 1 aromatic heterocycles. The van der Waals surface area contributed by atoms with E-state index in [4.69, 9.17) is 5.73 Å². The van der Waals surface area contributed by atoms with Gasteiger partial charge in [0.2, 0.25) is 0 Å². The maximum atomic E-state index is 5.47. The predicted molar refractivity (Wildman–Crippen MR) is 63.3 cm³/mol. The monoisotopic (exact) mass is 209 g/mol. The number of hydrogen-bond donors (Lipinski definition) is 1. The first-order chi connectivity index (χ1) is 7.15. The maximum Gasteiger partial charge on any atom is 0.133 e.